The Hall–Kier alpha value is -4.69. The Morgan fingerprint density at radius 3 is 2.33 bits per heavy atom. The molecule has 0 spiro atoms. The highest BCUT2D eigenvalue weighted by Gasteiger charge is 2.38. The van der Waals surface area contributed by atoms with Gasteiger partial charge in [-0.2, -0.15) is 12.6 Å². The van der Waals surface area contributed by atoms with Gasteiger partial charge in [0, 0.05) is 54.8 Å². The molecular weight excluding hydrogens is 652 g/mol. The number of esters is 2. The molecule has 2 aromatic carbocycles. The molecule has 13 nitrogen and oxygen atoms in total. The van der Waals surface area contributed by atoms with E-state index in [9.17, 15) is 29.3 Å². The van der Waals surface area contributed by atoms with Gasteiger partial charge in [0.25, 0.3) is 5.69 Å². The number of carboxylic acid groups (broad SMARTS) is 1. The minimum absolute atomic E-state index is 0.0927. The molecular formula is C35H44N4O9S. The van der Waals surface area contributed by atoms with Gasteiger partial charge in [0.2, 0.25) is 5.91 Å². The van der Waals surface area contributed by atoms with Crippen LogP contribution < -0.4 is 5.32 Å². The fraction of sp³-hybridized carbons (Fsp3) is 0.429. The van der Waals surface area contributed by atoms with Crippen LogP contribution in [0.4, 0.5) is 5.69 Å². The fourth-order valence-corrected chi connectivity index (χ4v) is 5.95. The molecule has 2 aliphatic heterocycles. The first-order chi connectivity index (χ1) is 23.3. The molecule has 1 amide bonds. The molecule has 2 aliphatic rings. The lowest BCUT2D eigenvalue weighted by Crippen LogP contribution is -2.43. The third-order valence-corrected chi connectivity index (χ3v) is 8.87. The molecule has 3 atom stereocenters. The minimum Gasteiger partial charge on any atom is -0.480 e. The van der Waals surface area contributed by atoms with Crippen LogP contribution in [0, 0.1) is 16.0 Å². The molecule has 0 aliphatic carbocycles. The molecule has 1 saturated heterocycles. The molecule has 264 valence electrons. The number of allylic oxidation sites excluding steroid dienone is 2. The summed E-state index contributed by atoms with van der Waals surface area (Å²) >= 11 is 4.03. The van der Waals surface area contributed by atoms with Gasteiger partial charge in [-0.25, -0.2) is 14.4 Å². The summed E-state index contributed by atoms with van der Waals surface area (Å²) in [6, 6.07) is 15.2. The maximum absolute atomic E-state index is 13.3. The topological polar surface area (TPSA) is 169 Å². The summed E-state index contributed by atoms with van der Waals surface area (Å²) in [4.78, 5) is 62.8. The van der Waals surface area contributed by atoms with E-state index in [2.05, 4.69) is 17.9 Å². The number of carboxylic acids is 1. The number of thiol groups is 1. The molecule has 2 heterocycles. The highest BCUT2D eigenvalue weighted by molar-refractivity contribution is 7.80. The molecule has 0 radical (unpaired) electrons. The van der Waals surface area contributed by atoms with E-state index in [1.54, 1.807) is 26.8 Å². The summed E-state index contributed by atoms with van der Waals surface area (Å²) in [7, 11) is 3.18. The van der Waals surface area contributed by atoms with Crippen LogP contribution in [0.1, 0.15) is 50.7 Å². The first kappa shape index (κ1) is 38.8. The minimum atomic E-state index is -0.901. The number of amides is 1. The van der Waals surface area contributed by atoms with Gasteiger partial charge >= 0.3 is 17.9 Å². The first-order valence-corrected chi connectivity index (χ1v) is 16.5. The number of likely N-dealkylation sites (tertiary alicyclic amines) is 1. The van der Waals surface area contributed by atoms with Crippen molar-refractivity contribution >= 4 is 42.1 Å². The predicted octanol–water partition coefficient (Wildman–Crippen LogP) is 4.31. The van der Waals surface area contributed by atoms with Crippen LogP contribution in [0.25, 0.3) is 0 Å². The third-order valence-electron chi connectivity index (χ3n) is 8.32. The Bertz CT molecular complexity index is 1590. The molecule has 14 heteroatoms. The van der Waals surface area contributed by atoms with Crippen LogP contribution in [0.15, 0.2) is 77.1 Å². The van der Waals surface area contributed by atoms with Gasteiger partial charge in [0.1, 0.15) is 12.6 Å². The third kappa shape index (κ3) is 10.2. The predicted molar refractivity (Wildman–Crippen MR) is 186 cm³/mol. The molecule has 0 aromatic heterocycles. The van der Waals surface area contributed by atoms with Crippen molar-refractivity contribution in [2.75, 3.05) is 39.6 Å². The smallest absolute Gasteiger partial charge is 0.336 e. The van der Waals surface area contributed by atoms with E-state index < -0.39 is 34.8 Å². The standard InChI is InChI=1S/C26H29N3O6.C9H15NO3S/c1-17-22(25(30)34-4)24(20-11-8-12-21(15-20)29(32)33)23(18(2)27-17)26(31)35-14-13-28(3)16-19-9-6-5-7-10-19;1-6(5-14)8(11)10-4-2-3-7(10)9(12)13/h5-12,15,24,27H,13-14,16H2,1-4H3;6-7,14H,2-5H2,1H3,(H,12,13)/t;6-,7+/m.1/s1. The van der Waals surface area contributed by atoms with Crippen molar-refractivity contribution < 1.29 is 38.7 Å². The van der Waals surface area contributed by atoms with Gasteiger partial charge in [-0.15, -0.1) is 0 Å². The number of rotatable bonds is 12. The van der Waals surface area contributed by atoms with Gasteiger partial charge in [0.15, 0.2) is 0 Å². The second-order valence-corrected chi connectivity index (χ2v) is 12.3. The normalized spacial score (nSPS) is 17.9. The van der Waals surface area contributed by atoms with Gasteiger partial charge in [-0.05, 0) is 44.9 Å². The summed E-state index contributed by atoms with van der Waals surface area (Å²) in [6.07, 6.45) is 1.35. The summed E-state index contributed by atoms with van der Waals surface area (Å²) in [5, 5.41) is 23.3. The summed E-state index contributed by atoms with van der Waals surface area (Å²) in [6.45, 7) is 7.07. The number of methoxy groups -OCH3 is 1. The lowest BCUT2D eigenvalue weighted by molar-refractivity contribution is -0.384. The van der Waals surface area contributed by atoms with Crippen molar-refractivity contribution in [3.63, 3.8) is 0 Å². The van der Waals surface area contributed by atoms with Gasteiger partial charge in [-0.1, -0.05) is 49.4 Å². The molecule has 0 bridgehead atoms. The highest BCUT2D eigenvalue weighted by atomic mass is 32.1. The number of nitrogens with one attached hydrogen (secondary N) is 1. The number of likely N-dealkylation sites (N-methyl/N-ethyl adjacent to an activating group) is 1. The number of dihydropyridines is 1. The van der Waals surface area contributed by atoms with Crippen LogP contribution in [-0.4, -0.2) is 89.3 Å². The second-order valence-electron chi connectivity index (χ2n) is 11.9. The van der Waals surface area contributed by atoms with E-state index in [1.807, 2.05) is 42.3 Å². The van der Waals surface area contributed by atoms with E-state index >= 15 is 0 Å². The molecule has 0 saturated carbocycles. The SMILES string of the molecule is COC(=O)C1=C(C)NC(C)=C(C(=O)OCCN(C)Cc2ccccc2)C1c1cccc([N+](=O)[O-])c1.C[C@H](CS)C(=O)N1CCC[C@H]1C(=O)O. The van der Waals surface area contributed by atoms with Crippen molar-refractivity contribution in [2.45, 2.75) is 52.1 Å². The lowest BCUT2D eigenvalue weighted by atomic mass is 9.80. The summed E-state index contributed by atoms with van der Waals surface area (Å²) in [5.74, 6) is -2.84. The van der Waals surface area contributed by atoms with E-state index in [4.69, 9.17) is 14.6 Å². The number of carbonyl (C=O) groups excluding carboxylic acids is 3. The van der Waals surface area contributed by atoms with Crippen LogP contribution in [0.5, 0.6) is 0 Å². The van der Waals surface area contributed by atoms with Crippen molar-refractivity contribution in [3.05, 3.63) is 98.4 Å². The zero-order valence-electron chi connectivity index (χ0n) is 28.4. The van der Waals surface area contributed by atoms with Gasteiger partial charge in [-0.3, -0.25) is 19.8 Å². The lowest BCUT2D eigenvalue weighted by Gasteiger charge is -2.30. The number of ether oxygens (including phenoxy) is 2. The van der Waals surface area contributed by atoms with Crippen LogP contribution >= 0.6 is 12.6 Å². The Balaban J connectivity index is 0.000000388. The molecule has 4 rings (SSSR count). The summed E-state index contributed by atoms with van der Waals surface area (Å²) < 4.78 is 10.6. The van der Waals surface area contributed by atoms with E-state index in [0.717, 1.165) is 12.0 Å². The largest absolute Gasteiger partial charge is 0.480 e. The first-order valence-electron chi connectivity index (χ1n) is 15.9. The summed E-state index contributed by atoms with van der Waals surface area (Å²) in [5.41, 5.74) is 2.85. The number of non-ortho nitro benzene ring substituents is 1. The number of hydrogen-bond acceptors (Lipinski definition) is 11. The maximum Gasteiger partial charge on any atom is 0.336 e. The van der Waals surface area contributed by atoms with E-state index in [-0.39, 0.29) is 35.3 Å². The van der Waals surface area contributed by atoms with Crippen LogP contribution in [-0.2, 0) is 35.2 Å². The number of aliphatic carboxylic acids is 1. The quantitative estimate of drug-likeness (QED) is 0.125. The molecule has 49 heavy (non-hydrogen) atoms. The zero-order chi connectivity index (χ0) is 36.2. The molecule has 1 fully saturated rings. The molecule has 2 N–H and O–H groups in total. The van der Waals surface area contributed by atoms with Gasteiger partial charge in [0.05, 0.1) is 29.1 Å². The van der Waals surface area contributed by atoms with Crippen LogP contribution in [0.2, 0.25) is 0 Å². The maximum atomic E-state index is 13.3. The number of nitrogens with zero attached hydrogens (tertiary/aromatic N) is 3. The average Bonchev–Trinajstić information content (AvgIpc) is 3.58. The fourth-order valence-electron chi connectivity index (χ4n) is 5.79. The van der Waals surface area contributed by atoms with E-state index in [0.29, 0.717) is 48.8 Å². The van der Waals surface area contributed by atoms with Crippen molar-refractivity contribution in [1.82, 2.24) is 15.1 Å². The Kier molecular flexibility index (Phi) is 14.4. The highest BCUT2D eigenvalue weighted by Crippen LogP contribution is 2.40. The molecule has 2 aromatic rings. The Morgan fingerprint density at radius 2 is 1.73 bits per heavy atom. The second kappa shape index (κ2) is 18.2. The number of nitro groups is 1. The number of carbonyl (C=O) groups is 4. The van der Waals surface area contributed by atoms with Gasteiger partial charge < -0.3 is 24.8 Å². The number of benzene rings is 2. The number of hydrogen-bond donors (Lipinski definition) is 3. The zero-order valence-corrected chi connectivity index (χ0v) is 29.3. The van der Waals surface area contributed by atoms with Crippen LogP contribution in [0.3, 0.4) is 0 Å². The average molecular weight is 697 g/mol. The Labute approximate surface area is 291 Å². The monoisotopic (exact) mass is 696 g/mol. The molecule has 1 unspecified atom stereocenters. The Morgan fingerprint density at radius 1 is 1.08 bits per heavy atom. The van der Waals surface area contributed by atoms with Crippen molar-refractivity contribution in [2.24, 2.45) is 5.92 Å². The number of nitro benzene ring substituents is 1. The van der Waals surface area contributed by atoms with Crippen molar-refractivity contribution in [1.29, 1.82) is 0 Å². The van der Waals surface area contributed by atoms with E-state index in [1.165, 1.54) is 30.2 Å². The van der Waals surface area contributed by atoms with Crippen molar-refractivity contribution in [3.8, 4) is 0 Å².